The molecule has 0 saturated carbocycles. The number of aryl methyl sites for hydroxylation is 1. The Balaban J connectivity index is 1.33. The molecule has 212 valence electrons. The summed E-state index contributed by atoms with van der Waals surface area (Å²) in [5, 5.41) is 9.99. The highest BCUT2D eigenvalue weighted by atomic mass is 32.1. The number of ether oxygens (including phenoxy) is 1. The van der Waals surface area contributed by atoms with Crippen molar-refractivity contribution in [2.45, 2.75) is 65.0 Å². The van der Waals surface area contributed by atoms with Gasteiger partial charge < -0.3 is 14.7 Å². The zero-order valence-electron chi connectivity index (χ0n) is 23.4. The van der Waals surface area contributed by atoms with Crippen LogP contribution in [-0.2, 0) is 17.8 Å². The summed E-state index contributed by atoms with van der Waals surface area (Å²) in [5.74, 6) is 0.318. The number of aromatic nitrogens is 3. The van der Waals surface area contributed by atoms with Gasteiger partial charge in [0.05, 0.1) is 37.5 Å². The fraction of sp³-hybridized carbons (Fsp3) is 0.500. The minimum atomic E-state index is -0.743. The molecule has 0 bridgehead atoms. The monoisotopic (exact) mass is 563 g/mol. The molecule has 1 atom stereocenters. The summed E-state index contributed by atoms with van der Waals surface area (Å²) < 4.78 is 5.58. The number of ketones is 1. The van der Waals surface area contributed by atoms with Crippen LogP contribution < -0.4 is 9.64 Å². The Morgan fingerprint density at radius 3 is 2.58 bits per heavy atom. The number of benzene rings is 1. The van der Waals surface area contributed by atoms with Crippen LogP contribution in [0.25, 0.3) is 11.3 Å². The number of methoxy groups -OCH3 is 1. The average Bonchev–Trinajstić information content (AvgIpc) is 3.36. The molecule has 1 N–H and O–H groups in total. The number of thiazole rings is 1. The molecule has 2 aromatic heterocycles. The SMILES string of the molecule is COc1cc(-c2nc(CC(=O)c3cnc(N4CCC(C(=O)O)CC4)cn3)sc2CN2CCCC[C@H]2C)ccc1C. The first kappa shape index (κ1) is 28.2. The summed E-state index contributed by atoms with van der Waals surface area (Å²) in [5.41, 5.74) is 3.28. The number of likely N-dealkylation sites (tertiary alicyclic amines) is 1. The van der Waals surface area contributed by atoms with E-state index in [4.69, 9.17) is 9.72 Å². The quantitative estimate of drug-likeness (QED) is 0.359. The van der Waals surface area contributed by atoms with Crippen LogP contribution in [0.4, 0.5) is 5.82 Å². The second-order valence-electron chi connectivity index (χ2n) is 10.8. The highest BCUT2D eigenvalue weighted by Crippen LogP contribution is 2.34. The van der Waals surface area contributed by atoms with Crippen LogP contribution in [0.5, 0.6) is 5.75 Å². The summed E-state index contributed by atoms with van der Waals surface area (Å²) in [4.78, 5) is 44.0. The maximum absolute atomic E-state index is 13.2. The van der Waals surface area contributed by atoms with Crippen LogP contribution >= 0.6 is 11.3 Å². The van der Waals surface area contributed by atoms with Crippen LogP contribution in [0.1, 0.15) is 65.0 Å². The van der Waals surface area contributed by atoms with Crippen LogP contribution in [0.2, 0.25) is 0 Å². The normalized spacial score (nSPS) is 18.6. The molecule has 0 unspecified atom stereocenters. The number of rotatable bonds is 9. The lowest BCUT2D eigenvalue weighted by Crippen LogP contribution is -2.36. The van der Waals surface area contributed by atoms with Crippen molar-refractivity contribution in [2.24, 2.45) is 5.92 Å². The first-order chi connectivity index (χ1) is 19.3. The second-order valence-corrected chi connectivity index (χ2v) is 12.0. The Kier molecular flexibility index (Phi) is 8.75. The van der Waals surface area contributed by atoms with E-state index in [0.29, 0.717) is 43.5 Å². The van der Waals surface area contributed by atoms with E-state index in [0.717, 1.165) is 45.5 Å². The highest BCUT2D eigenvalue weighted by molar-refractivity contribution is 7.12. The molecule has 2 aliphatic rings. The predicted molar refractivity (Wildman–Crippen MR) is 155 cm³/mol. The average molecular weight is 564 g/mol. The molecule has 2 aliphatic heterocycles. The lowest BCUT2D eigenvalue weighted by Gasteiger charge is -2.33. The van der Waals surface area contributed by atoms with Gasteiger partial charge in [0.1, 0.15) is 22.3 Å². The first-order valence-corrected chi connectivity index (χ1v) is 14.8. The molecular formula is C30H37N5O4S. The van der Waals surface area contributed by atoms with Crippen LogP contribution in [0, 0.1) is 12.8 Å². The molecule has 9 nitrogen and oxygen atoms in total. The number of carbonyl (C=O) groups excluding carboxylic acids is 1. The molecule has 3 aromatic rings. The molecular weight excluding hydrogens is 526 g/mol. The number of Topliss-reactive ketones (excluding diaryl/α,β-unsaturated/α-hetero) is 1. The molecule has 0 radical (unpaired) electrons. The fourth-order valence-electron chi connectivity index (χ4n) is 5.56. The van der Waals surface area contributed by atoms with E-state index in [9.17, 15) is 14.7 Å². The maximum Gasteiger partial charge on any atom is 0.306 e. The number of aliphatic carboxylic acids is 1. The number of carbonyl (C=O) groups is 2. The first-order valence-electron chi connectivity index (χ1n) is 14.0. The number of carboxylic acids is 1. The van der Waals surface area contributed by atoms with Gasteiger partial charge in [-0.15, -0.1) is 11.3 Å². The van der Waals surface area contributed by atoms with E-state index in [2.05, 4.69) is 27.9 Å². The van der Waals surface area contributed by atoms with Crippen molar-refractivity contribution in [2.75, 3.05) is 31.6 Å². The molecule has 2 saturated heterocycles. The van der Waals surface area contributed by atoms with Crippen LogP contribution in [-0.4, -0.2) is 69.5 Å². The van der Waals surface area contributed by atoms with E-state index < -0.39 is 5.97 Å². The zero-order chi connectivity index (χ0) is 28.2. The lowest BCUT2D eigenvalue weighted by atomic mass is 9.97. The van der Waals surface area contributed by atoms with Gasteiger partial charge in [-0.25, -0.2) is 15.0 Å². The third-order valence-corrected chi connectivity index (χ3v) is 9.15. The maximum atomic E-state index is 13.2. The topological polar surface area (TPSA) is 109 Å². The number of nitrogens with zero attached hydrogens (tertiary/aromatic N) is 5. The molecule has 0 spiro atoms. The van der Waals surface area contributed by atoms with Crippen LogP contribution in [0.15, 0.2) is 30.6 Å². The van der Waals surface area contributed by atoms with Crippen molar-refractivity contribution in [3.8, 4) is 17.0 Å². The standard InChI is InChI=1S/C30H37N5O4S/c1-19-7-8-22(14-25(19)39-3)29-26(18-35-11-5-4-6-20(35)2)40-28(33-29)15-24(36)23-16-32-27(17-31-23)34-12-9-21(10-13-34)30(37)38/h7-8,14,16-17,20-21H,4-6,9-13,15,18H2,1-3H3,(H,37,38)/t20-/m1/s1. The molecule has 2 fully saturated rings. The summed E-state index contributed by atoms with van der Waals surface area (Å²) in [7, 11) is 1.68. The Bertz CT molecular complexity index is 1350. The predicted octanol–water partition coefficient (Wildman–Crippen LogP) is 5.02. The van der Waals surface area contributed by atoms with Crippen molar-refractivity contribution in [3.63, 3.8) is 0 Å². The van der Waals surface area contributed by atoms with Crippen LogP contribution in [0.3, 0.4) is 0 Å². The third-order valence-electron chi connectivity index (χ3n) is 8.11. The van der Waals surface area contributed by atoms with E-state index >= 15 is 0 Å². The minimum absolute atomic E-state index is 0.122. The fourth-order valence-corrected chi connectivity index (χ4v) is 6.68. The lowest BCUT2D eigenvalue weighted by molar-refractivity contribution is -0.142. The van der Waals surface area contributed by atoms with Crippen molar-refractivity contribution in [1.29, 1.82) is 0 Å². The second kappa shape index (κ2) is 12.4. The minimum Gasteiger partial charge on any atom is -0.496 e. The van der Waals surface area contributed by atoms with Gasteiger partial charge in [-0.3, -0.25) is 14.5 Å². The molecule has 0 aliphatic carbocycles. The highest BCUT2D eigenvalue weighted by Gasteiger charge is 2.26. The molecule has 1 aromatic carbocycles. The van der Waals surface area contributed by atoms with Gasteiger partial charge in [0.25, 0.3) is 0 Å². The van der Waals surface area contributed by atoms with E-state index in [-0.39, 0.29) is 18.1 Å². The van der Waals surface area contributed by atoms with Crippen molar-refractivity contribution in [3.05, 3.63) is 51.7 Å². The van der Waals surface area contributed by atoms with Crippen molar-refractivity contribution in [1.82, 2.24) is 19.9 Å². The molecule has 10 heteroatoms. The molecule has 40 heavy (non-hydrogen) atoms. The Hall–Kier alpha value is -3.37. The third kappa shape index (κ3) is 6.33. The van der Waals surface area contributed by atoms with Gasteiger partial charge in [0.15, 0.2) is 5.78 Å². The molecule has 0 amide bonds. The number of anilines is 1. The molecule has 4 heterocycles. The van der Waals surface area contributed by atoms with Crippen molar-refractivity contribution >= 4 is 28.9 Å². The van der Waals surface area contributed by atoms with E-state index in [1.165, 1.54) is 25.5 Å². The summed E-state index contributed by atoms with van der Waals surface area (Å²) >= 11 is 1.60. The van der Waals surface area contributed by atoms with Gasteiger partial charge in [-0.1, -0.05) is 18.6 Å². The van der Waals surface area contributed by atoms with Gasteiger partial charge in [-0.2, -0.15) is 0 Å². The van der Waals surface area contributed by atoms with Gasteiger partial charge in [0.2, 0.25) is 0 Å². The Morgan fingerprint density at radius 1 is 1.10 bits per heavy atom. The largest absolute Gasteiger partial charge is 0.496 e. The Labute approximate surface area is 239 Å². The smallest absolute Gasteiger partial charge is 0.306 e. The number of carboxylic acid groups (broad SMARTS) is 1. The van der Waals surface area contributed by atoms with Gasteiger partial charge in [-0.05, 0) is 57.7 Å². The zero-order valence-corrected chi connectivity index (χ0v) is 24.2. The van der Waals surface area contributed by atoms with E-state index in [1.807, 2.05) is 24.0 Å². The van der Waals surface area contributed by atoms with Crippen molar-refractivity contribution < 1.29 is 19.4 Å². The number of hydrogen-bond acceptors (Lipinski definition) is 9. The Morgan fingerprint density at radius 2 is 1.90 bits per heavy atom. The number of hydrogen-bond donors (Lipinski definition) is 1. The van der Waals surface area contributed by atoms with Gasteiger partial charge in [0, 0.05) is 36.1 Å². The summed E-state index contributed by atoms with van der Waals surface area (Å²) in [6, 6.07) is 6.67. The number of piperidine rings is 2. The van der Waals surface area contributed by atoms with E-state index in [1.54, 1.807) is 24.6 Å². The molecule has 5 rings (SSSR count). The van der Waals surface area contributed by atoms with Gasteiger partial charge >= 0.3 is 5.97 Å². The summed E-state index contributed by atoms with van der Waals surface area (Å²) in [6.07, 6.45) is 8.13. The summed E-state index contributed by atoms with van der Waals surface area (Å²) in [6.45, 7) is 7.42.